The van der Waals surface area contributed by atoms with Gasteiger partial charge in [-0.1, -0.05) is 6.07 Å². The number of carbonyl (C=O) groups excluding carboxylic acids is 1. The number of hydrogen-bond acceptors (Lipinski definition) is 7. The van der Waals surface area contributed by atoms with Crippen LogP contribution in [0.1, 0.15) is 31.0 Å². The minimum Gasteiger partial charge on any atom is -0.493 e. The molecule has 0 aliphatic rings. The Labute approximate surface area is 188 Å². The summed E-state index contributed by atoms with van der Waals surface area (Å²) >= 11 is 0. The van der Waals surface area contributed by atoms with Gasteiger partial charge >= 0.3 is 0 Å². The molecule has 1 atom stereocenters. The fourth-order valence-corrected chi connectivity index (χ4v) is 2.99. The zero-order valence-corrected chi connectivity index (χ0v) is 18.9. The summed E-state index contributed by atoms with van der Waals surface area (Å²) < 4.78 is 27.1. The molecule has 8 nitrogen and oxygen atoms in total. The first-order valence-corrected chi connectivity index (χ1v) is 10.1. The maximum absolute atomic E-state index is 12.5. The average molecular weight is 440 g/mol. The number of ether oxygens (including phenoxy) is 5. The molecule has 0 aliphatic heterocycles. The van der Waals surface area contributed by atoms with Crippen LogP contribution in [-0.2, 0) is 4.79 Å². The third-order valence-corrected chi connectivity index (χ3v) is 4.43. The zero-order chi connectivity index (χ0) is 23.5. The zero-order valence-electron chi connectivity index (χ0n) is 18.9. The molecular formula is C24H28N2O6. The number of rotatable bonds is 11. The summed E-state index contributed by atoms with van der Waals surface area (Å²) in [5.74, 6) is 2.00. The molecule has 0 heterocycles. The van der Waals surface area contributed by atoms with Gasteiger partial charge in [-0.25, -0.2) is 0 Å². The Morgan fingerprint density at radius 3 is 2.12 bits per heavy atom. The number of benzene rings is 2. The monoisotopic (exact) mass is 440 g/mol. The van der Waals surface area contributed by atoms with E-state index in [2.05, 4.69) is 11.4 Å². The summed E-state index contributed by atoms with van der Waals surface area (Å²) in [6.45, 7) is 4.80. The number of nitrogens with zero attached hydrogens (tertiary/aromatic N) is 1. The van der Waals surface area contributed by atoms with Crippen molar-refractivity contribution < 1.29 is 28.5 Å². The number of amides is 1. The summed E-state index contributed by atoms with van der Waals surface area (Å²) in [4.78, 5) is 12.5. The lowest BCUT2D eigenvalue weighted by Crippen LogP contribution is -2.25. The normalized spacial score (nSPS) is 11.4. The van der Waals surface area contributed by atoms with E-state index >= 15 is 0 Å². The van der Waals surface area contributed by atoms with Gasteiger partial charge in [0, 0.05) is 6.08 Å². The van der Waals surface area contributed by atoms with Crippen LogP contribution in [0.5, 0.6) is 28.7 Å². The first-order valence-electron chi connectivity index (χ1n) is 10.1. The molecule has 2 rings (SSSR count). The number of nitriles is 1. The minimum atomic E-state index is -0.917. The van der Waals surface area contributed by atoms with E-state index in [1.807, 2.05) is 19.9 Å². The Hall–Kier alpha value is -3.86. The van der Waals surface area contributed by atoms with Crippen LogP contribution in [0.15, 0.2) is 36.4 Å². The van der Waals surface area contributed by atoms with Crippen molar-refractivity contribution in [3.8, 4) is 34.8 Å². The maximum atomic E-state index is 12.5. The van der Waals surface area contributed by atoms with Gasteiger partial charge in [0.05, 0.1) is 40.6 Å². The molecular weight excluding hydrogens is 412 g/mol. The highest BCUT2D eigenvalue weighted by Gasteiger charge is 2.19. The Morgan fingerprint density at radius 1 is 0.969 bits per heavy atom. The fourth-order valence-electron chi connectivity index (χ4n) is 2.99. The molecule has 0 radical (unpaired) electrons. The minimum absolute atomic E-state index is 0.393. The Kier molecular flexibility index (Phi) is 9.23. The summed E-state index contributed by atoms with van der Waals surface area (Å²) in [5.41, 5.74) is 1.26. The van der Waals surface area contributed by atoms with Crippen LogP contribution < -0.4 is 29.0 Å². The van der Waals surface area contributed by atoms with Gasteiger partial charge in [0.1, 0.15) is 6.04 Å². The number of nitrogens with one attached hydrogen (secondary N) is 1. The average Bonchev–Trinajstić information content (AvgIpc) is 2.81. The highest BCUT2D eigenvalue weighted by Crippen LogP contribution is 2.39. The Morgan fingerprint density at radius 2 is 1.59 bits per heavy atom. The third kappa shape index (κ3) is 6.08. The van der Waals surface area contributed by atoms with Crippen LogP contribution in [-0.4, -0.2) is 40.5 Å². The van der Waals surface area contributed by atoms with E-state index in [9.17, 15) is 10.1 Å². The molecule has 32 heavy (non-hydrogen) atoms. The van der Waals surface area contributed by atoms with Crippen molar-refractivity contribution in [1.82, 2.24) is 5.32 Å². The van der Waals surface area contributed by atoms with Gasteiger partial charge in [-0.3, -0.25) is 4.79 Å². The quantitative estimate of drug-likeness (QED) is 0.529. The molecule has 1 unspecified atom stereocenters. The predicted molar refractivity (Wildman–Crippen MR) is 120 cm³/mol. The van der Waals surface area contributed by atoms with Gasteiger partial charge in [0.2, 0.25) is 11.7 Å². The van der Waals surface area contributed by atoms with Crippen LogP contribution in [0.25, 0.3) is 6.08 Å². The van der Waals surface area contributed by atoms with Gasteiger partial charge in [-0.2, -0.15) is 5.26 Å². The Balaban J connectivity index is 2.20. The molecule has 0 saturated carbocycles. The van der Waals surface area contributed by atoms with Crippen molar-refractivity contribution >= 4 is 12.0 Å². The predicted octanol–water partition coefficient (Wildman–Crippen LogP) is 3.90. The maximum Gasteiger partial charge on any atom is 0.245 e. The van der Waals surface area contributed by atoms with Gasteiger partial charge in [-0.05, 0) is 55.3 Å². The molecule has 0 spiro atoms. The van der Waals surface area contributed by atoms with E-state index in [-0.39, 0.29) is 0 Å². The lowest BCUT2D eigenvalue weighted by Gasteiger charge is -2.17. The van der Waals surface area contributed by atoms with Crippen LogP contribution in [0, 0.1) is 11.3 Å². The highest BCUT2D eigenvalue weighted by molar-refractivity contribution is 5.92. The van der Waals surface area contributed by atoms with Crippen molar-refractivity contribution in [1.29, 1.82) is 5.26 Å². The number of methoxy groups -OCH3 is 3. The van der Waals surface area contributed by atoms with Crippen molar-refractivity contribution in [2.24, 2.45) is 0 Å². The topological polar surface area (TPSA) is 99.0 Å². The summed E-state index contributed by atoms with van der Waals surface area (Å²) in [6, 6.07) is 9.81. The molecule has 0 saturated heterocycles. The van der Waals surface area contributed by atoms with Crippen LogP contribution in [0.3, 0.4) is 0 Å². The summed E-state index contributed by atoms with van der Waals surface area (Å²) in [5, 5.41) is 12.3. The van der Waals surface area contributed by atoms with E-state index in [1.54, 1.807) is 30.3 Å². The van der Waals surface area contributed by atoms with Crippen LogP contribution in [0.2, 0.25) is 0 Å². The summed E-state index contributed by atoms with van der Waals surface area (Å²) in [7, 11) is 4.46. The van der Waals surface area contributed by atoms with Crippen molar-refractivity contribution in [2.45, 2.75) is 19.9 Å². The van der Waals surface area contributed by atoms with E-state index < -0.39 is 11.9 Å². The fraction of sp³-hybridized carbons (Fsp3) is 0.333. The lowest BCUT2D eigenvalue weighted by atomic mass is 10.1. The van der Waals surface area contributed by atoms with Crippen LogP contribution >= 0.6 is 0 Å². The van der Waals surface area contributed by atoms with E-state index in [1.165, 1.54) is 27.4 Å². The second-order valence-electron chi connectivity index (χ2n) is 6.43. The first kappa shape index (κ1) is 24.4. The molecule has 0 aliphatic carbocycles. The van der Waals surface area contributed by atoms with Crippen molar-refractivity contribution in [3.05, 3.63) is 47.5 Å². The van der Waals surface area contributed by atoms with Crippen molar-refractivity contribution in [3.63, 3.8) is 0 Å². The molecule has 170 valence electrons. The molecule has 1 N–H and O–H groups in total. The summed E-state index contributed by atoms with van der Waals surface area (Å²) in [6.07, 6.45) is 2.99. The van der Waals surface area contributed by atoms with Gasteiger partial charge < -0.3 is 29.0 Å². The third-order valence-electron chi connectivity index (χ3n) is 4.43. The molecule has 0 aromatic heterocycles. The first-order chi connectivity index (χ1) is 15.5. The number of hydrogen-bond donors (Lipinski definition) is 1. The molecule has 2 aromatic rings. The smallest absolute Gasteiger partial charge is 0.245 e. The van der Waals surface area contributed by atoms with E-state index in [4.69, 9.17) is 23.7 Å². The second kappa shape index (κ2) is 12.1. The lowest BCUT2D eigenvalue weighted by molar-refractivity contribution is -0.116. The van der Waals surface area contributed by atoms with E-state index in [0.717, 1.165) is 5.56 Å². The molecule has 1 amide bonds. The van der Waals surface area contributed by atoms with Gasteiger partial charge in [0.25, 0.3) is 0 Å². The van der Waals surface area contributed by atoms with Crippen LogP contribution in [0.4, 0.5) is 0 Å². The second-order valence-corrected chi connectivity index (χ2v) is 6.43. The Bertz CT molecular complexity index is 971. The molecule has 2 aromatic carbocycles. The van der Waals surface area contributed by atoms with Gasteiger partial charge in [-0.15, -0.1) is 0 Å². The van der Waals surface area contributed by atoms with Crippen molar-refractivity contribution in [2.75, 3.05) is 34.5 Å². The SMILES string of the molecule is CCOc1ccc(/C=C/C(=O)NC(C#N)c2cc(OC)c(OC)c(OC)c2)cc1OCC. The molecule has 0 bridgehead atoms. The highest BCUT2D eigenvalue weighted by atomic mass is 16.5. The largest absolute Gasteiger partial charge is 0.493 e. The standard InChI is InChI=1S/C24H28N2O6/c1-6-31-19-10-8-16(12-20(19)32-7-2)9-11-23(27)26-18(15-25)17-13-21(28-3)24(30-5)22(14-17)29-4/h8-14,18H,6-7H2,1-5H3,(H,26,27)/b11-9+. The van der Waals surface area contributed by atoms with Gasteiger partial charge in [0.15, 0.2) is 23.0 Å². The molecule has 0 fully saturated rings. The number of carbonyl (C=O) groups is 1. The van der Waals surface area contributed by atoms with E-state index in [0.29, 0.717) is 47.5 Å². The molecule has 8 heteroatoms.